The SMILES string of the molecule is CCOC(=O)c1c(COC(=O)COc2ccc(F)cc2)nc2ccccc2c1C. The van der Waals surface area contributed by atoms with Crippen LogP contribution in [0, 0.1) is 12.7 Å². The predicted octanol–water partition coefficient (Wildman–Crippen LogP) is 3.98. The Labute approximate surface area is 167 Å². The van der Waals surface area contributed by atoms with Crippen molar-refractivity contribution in [3.05, 3.63) is 71.2 Å². The van der Waals surface area contributed by atoms with E-state index in [-0.39, 0.29) is 25.4 Å². The summed E-state index contributed by atoms with van der Waals surface area (Å²) in [6.45, 7) is 3.18. The molecule has 0 fully saturated rings. The van der Waals surface area contributed by atoms with Crippen molar-refractivity contribution in [1.82, 2.24) is 4.98 Å². The fourth-order valence-electron chi connectivity index (χ4n) is 2.88. The number of ether oxygens (including phenoxy) is 3. The summed E-state index contributed by atoms with van der Waals surface area (Å²) in [7, 11) is 0. The molecule has 0 saturated heterocycles. The molecule has 0 radical (unpaired) electrons. The second kappa shape index (κ2) is 9.14. The fraction of sp³-hybridized carbons (Fsp3) is 0.227. The van der Waals surface area contributed by atoms with Crippen molar-refractivity contribution in [2.45, 2.75) is 20.5 Å². The van der Waals surface area contributed by atoms with E-state index in [1.54, 1.807) is 13.8 Å². The molecule has 0 aliphatic rings. The lowest BCUT2D eigenvalue weighted by Gasteiger charge is -2.14. The summed E-state index contributed by atoms with van der Waals surface area (Å²) in [6.07, 6.45) is 0. The number of carbonyl (C=O) groups is 2. The number of aromatic nitrogens is 1. The van der Waals surface area contributed by atoms with E-state index >= 15 is 0 Å². The number of para-hydroxylation sites is 1. The Kier molecular flexibility index (Phi) is 6.39. The second-order valence-corrected chi connectivity index (χ2v) is 6.20. The number of hydrogen-bond acceptors (Lipinski definition) is 6. The van der Waals surface area contributed by atoms with Gasteiger partial charge in [0.15, 0.2) is 6.61 Å². The topological polar surface area (TPSA) is 74.7 Å². The van der Waals surface area contributed by atoms with Gasteiger partial charge in [0.05, 0.1) is 23.4 Å². The van der Waals surface area contributed by atoms with Gasteiger partial charge in [-0.2, -0.15) is 0 Å². The number of nitrogens with zero attached hydrogens (tertiary/aromatic N) is 1. The number of esters is 2. The maximum atomic E-state index is 12.9. The second-order valence-electron chi connectivity index (χ2n) is 6.20. The summed E-state index contributed by atoms with van der Waals surface area (Å²) in [5.74, 6) is -1.21. The molecule has 2 aromatic carbocycles. The lowest BCUT2D eigenvalue weighted by molar-refractivity contribution is -0.147. The number of aryl methyl sites for hydroxylation is 1. The minimum atomic E-state index is -0.642. The van der Waals surface area contributed by atoms with Crippen molar-refractivity contribution in [3.63, 3.8) is 0 Å². The third kappa shape index (κ3) is 4.87. The van der Waals surface area contributed by atoms with Crippen LogP contribution in [-0.2, 0) is 20.9 Å². The van der Waals surface area contributed by atoms with Crippen molar-refractivity contribution >= 4 is 22.8 Å². The van der Waals surface area contributed by atoms with Crippen LogP contribution >= 0.6 is 0 Å². The zero-order chi connectivity index (χ0) is 20.8. The van der Waals surface area contributed by atoms with Crippen molar-refractivity contribution in [2.75, 3.05) is 13.2 Å². The fourth-order valence-corrected chi connectivity index (χ4v) is 2.88. The molecule has 0 saturated carbocycles. The van der Waals surface area contributed by atoms with E-state index in [1.165, 1.54) is 24.3 Å². The van der Waals surface area contributed by atoms with E-state index in [2.05, 4.69) is 4.98 Å². The van der Waals surface area contributed by atoms with Crippen LogP contribution in [-0.4, -0.2) is 30.1 Å². The summed E-state index contributed by atoms with van der Waals surface area (Å²) in [6, 6.07) is 12.7. The van der Waals surface area contributed by atoms with Gasteiger partial charge in [-0.1, -0.05) is 18.2 Å². The van der Waals surface area contributed by atoms with Gasteiger partial charge >= 0.3 is 11.9 Å². The molecule has 6 nitrogen and oxygen atoms in total. The number of halogens is 1. The van der Waals surface area contributed by atoms with E-state index in [0.29, 0.717) is 22.5 Å². The number of carbonyl (C=O) groups excluding carboxylic acids is 2. The molecule has 1 heterocycles. The number of pyridine rings is 1. The van der Waals surface area contributed by atoms with Gasteiger partial charge in [0, 0.05) is 5.39 Å². The summed E-state index contributed by atoms with van der Waals surface area (Å²) in [4.78, 5) is 29.0. The molecule has 0 aliphatic heterocycles. The minimum absolute atomic E-state index is 0.203. The molecule has 3 rings (SSSR count). The molecule has 150 valence electrons. The van der Waals surface area contributed by atoms with E-state index in [0.717, 1.165) is 5.39 Å². The van der Waals surface area contributed by atoms with Crippen molar-refractivity contribution in [2.24, 2.45) is 0 Å². The maximum absolute atomic E-state index is 12.9. The first-order valence-corrected chi connectivity index (χ1v) is 9.09. The van der Waals surface area contributed by atoms with Crippen LogP contribution in [0.4, 0.5) is 4.39 Å². The third-order valence-corrected chi connectivity index (χ3v) is 4.25. The Balaban J connectivity index is 1.75. The Morgan fingerprint density at radius 2 is 1.76 bits per heavy atom. The Morgan fingerprint density at radius 1 is 1.03 bits per heavy atom. The first-order chi connectivity index (χ1) is 14.0. The number of hydrogen-bond donors (Lipinski definition) is 0. The van der Waals surface area contributed by atoms with Gasteiger partial charge in [0.25, 0.3) is 0 Å². The average molecular weight is 397 g/mol. The monoisotopic (exact) mass is 397 g/mol. The lowest BCUT2D eigenvalue weighted by Crippen LogP contribution is -2.18. The van der Waals surface area contributed by atoms with Crippen molar-refractivity contribution < 1.29 is 28.2 Å². The Bertz CT molecular complexity index is 1030. The quantitative estimate of drug-likeness (QED) is 0.562. The van der Waals surface area contributed by atoms with Gasteiger partial charge < -0.3 is 14.2 Å². The highest BCUT2D eigenvalue weighted by Crippen LogP contribution is 2.24. The molecule has 0 atom stereocenters. The van der Waals surface area contributed by atoms with Gasteiger partial charge in [-0.3, -0.25) is 0 Å². The molecule has 1 aromatic heterocycles. The highest BCUT2D eigenvalue weighted by atomic mass is 19.1. The number of fused-ring (bicyclic) bond motifs is 1. The Morgan fingerprint density at radius 3 is 2.48 bits per heavy atom. The normalized spacial score (nSPS) is 10.6. The third-order valence-electron chi connectivity index (χ3n) is 4.25. The Hall–Kier alpha value is -3.48. The summed E-state index contributed by atoms with van der Waals surface area (Å²) in [5.41, 5.74) is 2.00. The smallest absolute Gasteiger partial charge is 0.344 e. The maximum Gasteiger partial charge on any atom is 0.344 e. The molecule has 0 spiro atoms. The van der Waals surface area contributed by atoms with Gasteiger partial charge in [0.2, 0.25) is 0 Å². The van der Waals surface area contributed by atoms with E-state index < -0.39 is 17.8 Å². The first-order valence-electron chi connectivity index (χ1n) is 9.09. The molecule has 0 N–H and O–H groups in total. The van der Waals surface area contributed by atoms with Gasteiger partial charge in [0.1, 0.15) is 18.2 Å². The van der Waals surface area contributed by atoms with Crippen LogP contribution in [0.1, 0.15) is 28.5 Å². The van der Waals surface area contributed by atoms with Crippen LogP contribution < -0.4 is 4.74 Å². The number of rotatable bonds is 7. The molecular formula is C22H20FNO5. The van der Waals surface area contributed by atoms with Crippen LogP contribution in [0.25, 0.3) is 10.9 Å². The molecule has 7 heteroatoms. The molecule has 29 heavy (non-hydrogen) atoms. The molecular weight excluding hydrogens is 377 g/mol. The standard InChI is InChI=1S/C22H20FNO5/c1-3-27-22(26)21-14(2)17-6-4-5-7-18(17)24-19(21)12-29-20(25)13-28-16-10-8-15(23)9-11-16/h4-11H,3,12-13H2,1-2H3. The predicted molar refractivity (Wildman–Crippen MR) is 104 cm³/mol. The van der Waals surface area contributed by atoms with E-state index in [9.17, 15) is 14.0 Å². The zero-order valence-corrected chi connectivity index (χ0v) is 16.1. The minimum Gasteiger partial charge on any atom is -0.482 e. The molecule has 0 aliphatic carbocycles. The average Bonchev–Trinajstić information content (AvgIpc) is 2.72. The van der Waals surface area contributed by atoms with Gasteiger partial charge in [-0.05, 0) is 49.7 Å². The van der Waals surface area contributed by atoms with E-state index in [1.807, 2.05) is 24.3 Å². The van der Waals surface area contributed by atoms with Crippen molar-refractivity contribution in [3.8, 4) is 5.75 Å². The molecule has 0 amide bonds. The van der Waals surface area contributed by atoms with E-state index in [4.69, 9.17) is 14.2 Å². The van der Waals surface area contributed by atoms with Crippen LogP contribution in [0.3, 0.4) is 0 Å². The van der Waals surface area contributed by atoms with Crippen LogP contribution in [0.5, 0.6) is 5.75 Å². The summed E-state index contributed by atoms with van der Waals surface area (Å²) >= 11 is 0. The van der Waals surface area contributed by atoms with Gasteiger partial charge in [-0.25, -0.2) is 19.0 Å². The molecule has 0 bridgehead atoms. The van der Waals surface area contributed by atoms with Gasteiger partial charge in [-0.15, -0.1) is 0 Å². The molecule has 0 unspecified atom stereocenters. The van der Waals surface area contributed by atoms with Crippen LogP contribution in [0.2, 0.25) is 0 Å². The highest BCUT2D eigenvalue weighted by Gasteiger charge is 2.21. The number of benzene rings is 2. The van der Waals surface area contributed by atoms with Crippen molar-refractivity contribution in [1.29, 1.82) is 0 Å². The summed E-state index contributed by atoms with van der Waals surface area (Å²) < 4.78 is 28.6. The highest BCUT2D eigenvalue weighted by molar-refractivity contribution is 5.98. The largest absolute Gasteiger partial charge is 0.482 e. The lowest BCUT2D eigenvalue weighted by atomic mass is 10.0. The molecule has 3 aromatic rings. The first kappa shape index (κ1) is 20.3. The van der Waals surface area contributed by atoms with Crippen LogP contribution in [0.15, 0.2) is 48.5 Å². The zero-order valence-electron chi connectivity index (χ0n) is 16.1. The summed E-state index contributed by atoms with van der Waals surface area (Å²) in [5, 5.41) is 0.824.